The Labute approximate surface area is 160 Å². The van der Waals surface area contributed by atoms with E-state index in [4.69, 9.17) is 9.26 Å². The molecule has 2 heterocycles. The number of hydrogen-bond acceptors (Lipinski definition) is 5. The van der Waals surface area contributed by atoms with E-state index in [1.807, 2.05) is 32.0 Å². The molecule has 0 radical (unpaired) electrons. The summed E-state index contributed by atoms with van der Waals surface area (Å²) >= 11 is 0. The van der Waals surface area contributed by atoms with Crippen LogP contribution in [0.25, 0.3) is 22.8 Å². The zero-order chi connectivity index (χ0) is 18.6. The van der Waals surface area contributed by atoms with Crippen LogP contribution in [0.2, 0.25) is 0 Å². The van der Waals surface area contributed by atoms with Crippen molar-refractivity contribution >= 4 is 0 Å². The first-order valence-electron chi connectivity index (χ1n) is 9.62. The first kappa shape index (κ1) is 17.7. The monoisotopic (exact) mass is 363 g/mol. The number of aryl methyl sites for hydroxylation is 1. The highest BCUT2D eigenvalue weighted by Crippen LogP contribution is 2.28. The molecule has 3 aromatic rings. The Balaban J connectivity index is 1.51. The minimum atomic E-state index is 0.507. The van der Waals surface area contributed by atoms with Gasteiger partial charge in [-0.1, -0.05) is 35.5 Å². The van der Waals surface area contributed by atoms with E-state index >= 15 is 0 Å². The summed E-state index contributed by atoms with van der Waals surface area (Å²) in [7, 11) is 0. The van der Waals surface area contributed by atoms with Crippen LogP contribution in [0.15, 0.2) is 47.0 Å². The van der Waals surface area contributed by atoms with Gasteiger partial charge in [-0.3, -0.25) is 4.90 Å². The van der Waals surface area contributed by atoms with E-state index in [1.165, 1.54) is 31.5 Å². The molecule has 0 amide bonds. The lowest BCUT2D eigenvalue weighted by Gasteiger charge is -2.14. The van der Waals surface area contributed by atoms with E-state index < -0.39 is 0 Å². The van der Waals surface area contributed by atoms with Crippen LogP contribution in [0.1, 0.15) is 30.9 Å². The first-order chi connectivity index (χ1) is 13.2. The van der Waals surface area contributed by atoms with Crippen molar-refractivity contribution in [2.75, 3.05) is 19.7 Å². The van der Waals surface area contributed by atoms with Crippen molar-refractivity contribution in [1.82, 2.24) is 15.0 Å². The summed E-state index contributed by atoms with van der Waals surface area (Å²) in [6.07, 6.45) is 2.63. The van der Waals surface area contributed by atoms with Crippen LogP contribution in [-0.4, -0.2) is 34.7 Å². The lowest BCUT2D eigenvalue weighted by molar-refractivity contribution is 0.331. The van der Waals surface area contributed by atoms with Crippen LogP contribution in [0.3, 0.4) is 0 Å². The van der Waals surface area contributed by atoms with Gasteiger partial charge in [0.15, 0.2) is 0 Å². The van der Waals surface area contributed by atoms with Crippen molar-refractivity contribution < 1.29 is 9.26 Å². The molecule has 140 valence electrons. The third kappa shape index (κ3) is 4.03. The quantitative estimate of drug-likeness (QED) is 0.635. The van der Waals surface area contributed by atoms with E-state index in [9.17, 15) is 0 Å². The molecule has 0 saturated carbocycles. The minimum absolute atomic E-state index is 0.507. The summed E-state index contributed by atoms with van der Waals surface area (Å²) in [6, 6.07) is 14.4. The van der Waals surface area contributed by atoms with E-state index in [0.717, 1.165) is 29.0 Å². The number of aromatic nitrogens is 2. The summed E-state index contributed by atoms with van der Waals surface area (Å²) < 4.78 is 11.2. The Kier molecular flexibility index (Phi) is 5.21. The van der Waals surface area contributed by atoms with Crippen molar-refractivity contribution in [3.05, 3.63) is 53.6 Å². The Morgan fingerprint density at radius 1 is 1.04 bits per heavy atom. The van der Waals surface area contributed by atoms with Gasteiger partial charge in [-0.05, 0) is 63.0 Å². The molecule has 0 spiro atoms. The predicted octanol–water partition coefficient (Wildman–Crippen LogP) is 4.71. The summed E-state index contributed by atoms with van der Waals surface area (Å²) in [5.74, 6) is 1.96. The van der Waals surface area contributed by atoms with Gasteiger partial charge in [0.1, 0.15) is 5.75 Å². The fourth-order valence-corrected chi connectivity index (χ4v) is 3.46. The number of benzene rings is 2. The third-order valence-electron chi connectivity index (χ3n) is 4.98. The maximum Gasteiger partial charge on any atom is 0.258 e. The lowest BCUT2D eigenvalue weighted by atomic mass is 10.1. The Hall–Kier alpha value is -2.66. The van der Waals surface area contributed by atoms with Gasteiger partial charge in [0.2, 0.25) is 5.82 Å². The highest BCUT2D eigenvalue weighted by Gasteiger charge is 2.14. The Morgan fingerprint density at radius 3 is 2.52 bits per heavy atom. The van der Waals surface area contributed by atoms with Crippen LogP contribution < -0.4 is 4.74 Å². The molecule has 4 rings (SSSR count). The van der Waals surface area contributed by atoms with Gasteiger partial charge in [-0.15, -0.1) is 0 Å². The topological polar surface area (TPSA) is 51.4 Å². The maximum atomic E-state index is 5.66. The minimum Gasteiger partial charge on any atom is -0.494 e. The molecule has 1 saturated heterocycles. The SMILES string of the molecule is CCOc1cc(-c2nc(-c3ccc(CN4CCCC4)cc3)no2)ccc1C. The number of rotatable bonds is 6. The average Bonchev–Trinajstić information content (AvgIpc) is 3.37. The molecule has 1 aliphatic heterocycles. The molecule has 2 aromatic carbocycles. The van der Waals surface area contributed by atoms with Crippen molar-refractivity contribution in [3.8, 4) is 28.6 Å². The normalized spacial score (nSPS) is 14.6. The van der Waals surface area contributed by atoms with Crippen LogP contribution in [0.4, 0.5) is 0 Å². The number of hydrogen-bond donors (Lipinski definition) is 0. The van der Waals surface area contributed by atoms with Gasteiger partial charge >= 0.3 is 0 Å². The average molecular weight is 363 g/mol. The summed E-state index contributed by atoms with van der Waals surface area (Å²) in [6.45, 7) is 8.05. The van der Waals surface area contributed by atoms with Crippen molar-refractivity contribution in [2.24, 2.45) is 0 Å². The molecule has 5 heteroatoms. The molecule has 27 heavy (non-hydrogen) atoms. The van der Waals surface area contributed by atoms with Gasteiger partial charge in [0, 0.05) is 17.7 Å². The van der Waals surface area contributed by atoms with Gasteiger partial charge in [-0.25, -0.2) is 0 Å². The van der Waals surface area contributed by atoms with Gasteiger partial charge in [-0.2, -0.15) is 4.98 Å². The maximum absolute atomic E-state index is 5.66. The highest BCUT2D eigenvalue weighted by molar-refractivity contribution is 5.62. The summed E-state index contributed by atoms with van der Waals surface area (Å²) in [4.78, 5) is 7.07. The van der Waals surface area contributed by atoms with Crippen LogP contribution in [-0.2, 0) is 6.54 Å². The number of nitrogens with zero attached hydrogens (tertiary/aromatic N) is 3. The van der Waals surface area contributed by atoms with Gasteiger partial charge in [0.25, 0.3) is 5.89 Å². The second-order valence-electron chi connectivity index (χ2n) is 7.02. The molecular weight excluding hydrogens is 338 g/mol. The fourth-order valence-electron chi connectivity index (χ4n) is 3.46. The molecular formula is C22H25N3O2. The molecule has 0 N–H and O–H groups in total. The zero-order valence-electron chi connectivity index (χ0n) is 15.9. The largest absolute Gasteiger partial charge is 0.494 e. The fraction of sp³-hybridized carbons (Fsp3) is 0.364. The number of ether oxygens (including phenoxy) is 1. The second kappa shape index (κ2) is 7.92. The predicted molar refractivity (Wildman–Crippen MR) is 106 cm³/mol. The van der Waals surface area contributed by atoms with E-state index in [1.54, 1.807) is 0 Å². The zero-order valence-corrected chi connectivity index (χ0v) is 15.9. The molecule has 5 nitrogen and oxygen atoms in total. The molecule has 0 unspecified atom stereocenters. The summed E-state index contributed by atoms with van der Waals surface area (Å²) in [5, 5.41) is 4.16. The Bertz CT molecular complexity index is 896. The Morgan fingerprint density at radius 2 is 1.78 bits per heavy atom. The molecule has 1 aromatic heterocycles. The first-order valence-corrected chi connectivity index (χ1v) is 9.62. The van der Waals surface area contributed by atoms with Crippen LogP contribution >= 0.6 is 0 Å². The van der Waals surface area contributed by atoms with Crippen molar-refractivity contribution in [2.45, 2.75) is 33.2 Å². The van der Waals surface area contributed by atoms with E-state index in [0.29, 0.717) is 18.3 Å². The van der Waals surface area contributed by atoms with Crippen molar-refractivity contribution in [1.29, 1.82) is 0 Å². The smallest absolute Gasteiger partial charge is 0.258 e. The van der Waals surface area contributed by atoms with E-state index in [-0.39, 0.29) is 0 Å². The van der Waals surface area contributed by atoms with Crippen LogP contribution in [0, 0.1) is 6.92 Å². The second-order valence-corrected chi connectivity index (χ2v) is 7.02. The number of likely N-dealkylation sites (tertiary alicyclic amines) is 1. The molecule has 1 fully saturated rings. The van der Waals surface area contributed by atoms with Crippen LogP contribution in [0.5, 0.6) is 5.75 Å². The summed E-state index contributed by atoms with van der Waals surface area (Å²) in [5.41, 5.74) is 4.25. The van der Waals surface area contributed by atoms with Gasteiger partial charge in [0.05, 0.1) is 6.61 Å². The molecule has 0 bridgehead atoms. The molecule has 0 atom stereocenters. The molecule has 1 aliphatic rings. The lowest BCUT2D eigenvalue weighted by Crippen LogP contribution is -2.18. The highest BCUT2D eigenvalue weighted by atomic mass is 16.5. The van der Waals surface area contributed by atoms with Gasteiger partial charge < -0.3 is 9.26 Å². The van der Waals surface area contributed by atoms with E-state index in [2.05, 4.69) is 39.3 Å². The van der Waals surface area contributed by atoms with Crippen molar-refractivity contribution in [3.63, 3.8) is 0 Å². The molecule has 0 aliphatic carbocycles. The third-order valence-corrected chi connectivity index (χ3v) is 4.98. The standard InChI is InChI=1S/C22H25N3O2/c1-3-26-20-14-19(9-6-16(20)2)22-23-21(24-27-22)18-10-7-17(8-11-18)15-25-12-4-5-13-25/h6-11,14H,3-5,12-13,15H2,1-2H3.